The van der Waals surface area contributed by atoms with Crippen LogP contribution in [0.2, 0.25) is 0 Å². The number of nitrogens with one attached hydrogen (secondary N) is 1. The van der Waals surface area contributed by atoms with Gasteiger partial charge in [0.05, 0.1) is 6.42 Å². The fourth-order valence-corrected chi connectivity index (χ4v) is 2.88. The predicted octanol–water partition coefficient (Wildman–Crippen LogP) is 1.61. The number of carbonyl (C=O) groups is 4. The van der Waals surface area contributed by atoms with Gasteiger partial charge in [-0.3, -0.25) is 19.2 Å². The van der Waals surface area contributed by atoms with E-state index >= 15 is 0 Å². The second-order valence-electron chi connectivity index (χ2n) is 6.24. The highest BCUT2D eigenvalue weighted by Gasteiger charge is 2.34. The van der Waals surface area contributed by atoms with Crippen LogP contribution in [0.5, 0.6) is 0 Å². The van der Waals surface area contributed by atoms with E-state index in [4.69, 9.17) is 5.73 Å². The van der Waals surface area contributed by atoms with Crippen LogP contribution in [-0.4, -0.2) is 29.9 Å². The Morgan fingerprint density at radius 3 is 2.52 bits per heavy atom. The summed E-state index contributed by atoms with van der Waals surface area (Å²) in [6.07, 6.45) is 1.84. The highest BCUT2D eigenvalue weighted by Crippen LogP contribution is 2.29. The standard InChI is InChI=1S/C19H18N2O4/c20-16(23)9-15(21-19(25)12-6-7-12)18(24)17-13(10-22)8-5-11-3-1-2-4-14(11)17/h1-5,8,10,12,15H,6-7,9H2,(H2,20,23)(H,21,25)/t15-/m0/s1. The average Bonchev–Trinajstić information content (AvgIpc) is 3.44. The van der Waals surface area contributed by atoms with Crippen molar-refractivity contribution in [2.24, 2.45) is 11.7 Å². The Hall–Kier alpha value is -3.02. The molecule has 1 aliphatic carbocycles. The molecule has 128 valence electrons. The Kier molecular flexibility index (Phi) is 4.61. The summed E-state index contributed by atoms with van der Waals surface area (Å²) < 4.78 is 0. The molecule has 1 saturated carbocycles. The van der Waals surface area contributed by atoms with Crippen LogP contribution in [0.1, 0.15) is 40.0 Å². The number of amides is 2. The van der Waals surface area contributed by atoms with Gasteiger partial charge in [-0.1, -0.05) is 36.4 Å². The predicted molar refractivity (Wildman–Crippen MR) is 92.1 cm³/mol. The highest BCUT2D eigenvalue weighted by molar-refractivity contribution is 6.16. The second kappa shape index (κ2) is 6.84. The summed E-state index contributed by atoms with van der Waals surface area (Å²) in [5.74, 6) is -1.54. The molecule has 3 N–H and O–H groups in total. The van der Waals surface area contributed by atoms with Gasteiger partial charge in [0, 0.05) is 17.0 Å². The van der Waals surface area contributed by atoms with Crippen LogP contribution in [0.3, 0.4) is 0 Å². The highest BCUT2D eigenvalue weighted by atomic mass is 16.2. The average molecular weight is 338 g/mol. The van der Waals surface area contributed by atoms with Crippen molar-refractivity contribution in [1.82, 2.24) is 5.32 Å². The molecule has 0 spiro atoms. The van der Waals surface area contributed by atoms with Crippen LogP contribution >= 0.6 is 0 Å². The van der Waals surface area contributed by atoms with Crippen LogP contribution in [0.4, 0.5) is 0 Å². The van der Waals surface area contributed by atoms with Crippen LogP contribution < -0.4 is 11.1 Å². The lowest BCUT2D eigenvalue weighted by Gasteiger charge is -2.18. The zero-order valence-corrected chi connectivity index (χ0v) is 13.5. The lowest BCUT2D eigenvalue weighted by Crippen LogP contribution is -2.44. The monoisotopic (exact) mass is 338 g/mol. The summed E-state index contributed by atoms with van der Waals surface area (Å²) in [6.45, 7) is 0. The first-order valence-corrected chi connectivity index (χ1v) is 8.11. The molecule has 1 atom stereocenters. The van der Waals surface area contributed by atoms with Crippen molar-refractivity contribution >= 4 is 34.7 Å². The smallest absolute Gasteiger partial charge is 0.223 e. The number of aldehydes is 1. The summed E-state index contributed by atoms with van der Waals surface area (Å²) in [5.41, 5.74) is 5.67. The van der Waals surface area contributed by atoms with E-state index in [1.54, 1.807) is 24.3 Å². The van der Waals surface area contributed by atoms with E-state index in [0.717, 1.165) is 18.2 Å². The van der Waals surface area contributed by atoms with E-state index in [1.807, 2.05) is 12.1 Å². The molecule has 3 rings (SSSR count). The van der Waals surface area contributed by atoms with E-state index < -0.39 is 17.7 Å². The summed E-state index contributed by atoms with van der Waals surface area (Å²) in [4.78, 5) is 47.9. The summed E-state index contributed by atoms with van der Waals surface area (Å²) >= 11 is 0. The minimum absolute atomic E-state index is 0.110. The number of Topliss-reactive ketones (excluding diaryl/α,β-unsaturated/α-hetero) is 1. The van der Waals surface area contributed by atoms with E-state index in [0.29, 0.717) is 11.7 Å². The van der Waals surface area contributed by atoms with Gasteiger partial charge >= 0.3 is 0 Å². The number of hydrogen-bond acceptors (Lipinski definition) is 4. The van der Waals surface area contributed by atoms with Gasteiger partial charge < -0.3 is 11.1 Å². The zero-order chi connectivity index (χ0) is 18.0. The van der Waals surface area contributed by atoms with Gasteiger partial charge in [0.2, 0.25) is 11.8 Å². The Balaban J connectivity index is 2.03. The lowest BCUT2D eigenvalue weighted by molar-refractivity contribution is -0.123. The molecule has 2 aromatic carbocycles. The molecule has 0 aliphatic heterocycles. The van der Waals surface area contributed by atoms with E-state index in [2.05, 4.69) is 5.32 Å². The third kappa shape index (κ3) is 3.57. The molecule has 1 fully saturated rings. The van der Waals surface area contributed by atoms with Crippen LogP contribution in [-0.2, 0) is 9.59 Å². The number of hydrogen-bond donors (Lipinski definition) is 2. The van der Waals surface area contributed by atoms with Crippen LogP contribution in [0.15, 0.2) is 36.4 Å². The molecule has 1 aliphatic rings. The fraction of sp³-hybridized carbons (Fsp3) is 0.263. The third-order valence-electron chi connectivity index (χ3n) is 4.32. The van der Waals surface area contributed by atoms with Gasteiger partial charge in [0.15, 0.2) is 12.1 Å². The number of benzene rings is 2. The first-order chi connectivity index (χ1) is 12.0. The Bertz CT molecular complexity index is 871. The molecular weight excluding hydrogens is 320 g/mol. The van der Waals surface area contributed by atoms with Crippen molar-refractivity contribution in [3.8, 4) is 0 Å². The van der Waals surface area contributed by atoms with Gasteiger partial charge in [-0.15, -0.1) is 0 Å². The molecule has 0 aromatic heterocycles. The van der Waals surface area contributed by atoms with E-state index in [1.165, 1.54) is 0 Å². The number of carbonyl (C=O) groups excluding carboxylic acids is 4. The molecular formula is C19H18N2O4. The molecule has 25 heavy (non-hydrogen) atoms. The Morgan fingerprint density at radius 1 is 1.16 bits per heavy atom. The maximum atomic E-state index is 13.1. The Morgan fingerprint density at radius 2 is 1.88 bits per heavy atom. The minimum Gasteiger partial charge on any atom is -0.370 e. The molecule has 2 amide bonds. The van der Waals surface area contributed by atoms with Gasteiger partial charge in [-0.05, 0) is 23.6 Å². The number of nitrogens with two attached hydrogens (primary N) is 1. The topological polar surface area (TPSA) is 106 Å². The molecule has 0 bridgehead atoms. The number of rotatable bonds is 7. The van der Waals surface area contributed by atoms with Crippen molar-refractivity contribution in [3.63, 3.8) is 0 Å². The molecule has 0 radical (unpaired) electrons. The number of fused-ring (bicyclic) bond motifs is 1. The first-order valence-electron chi connectivity index (χ1n) is 8.11. The van der Waals surface area contributed by atoms with Crippen LogP contribution in [0.25, 0.3) is 10.8 Å². The fourth-order valence-electron chi connectivity index (χ4n) is 2.88. The minimum atomic E-state index is -1.07. The normalized spacial score (nSPS) is 14.7. The van der Waals surface area contributed by atoms with Gasteiger partial charge in [0.25, 0.3) is 0 Å². The molecule has 6 nitrogen and oxygen atoms in total. The summed E-state index contributed by atoms with van der Waals surface area (Å²) in [5, 5.41) is 4.02. The van der Waals surface area contributed by atoms with Gasteiger partial charge in [-0.25, -0.2) is 0 Å². The second-order valence-corrected chi connectivity index (χ2v) is 6.24. The SMILES string of the molecule is NC(=O)C[C@H](NC(=O)C1CC1)C(=O)c1c(C=O)ccc2ccccc12. The summed E-state index contributed by atoms with van der Waals surface area (Å²) in [7, 11) is 0. The number of ketones is 1. The molecule has 2 aromatic rings. The lowest BCUT2D eigenvalue weighted by atomic mass is 9.92. The molecule has 0 saturated heterocycles. The number of primary amides is 1. The van der Waals surface area contributed by atoms with E-state index in [-0.39, 0.29) is 29.4 Å². The van der Waals surface area contributed by atoms with Gasteiger partial charge in [0.1, 0.15) is 6.04 Å². The van der Waals surface area contributed by atoms with E-state index in [9.17, 15) is 19.2 Å². The van der Waals surface area contributed by atoms with Crippen molar-refractivity contribution < 1.29 is 19.2 Å². The van der Waals surface area contributed by atoms with Crippen molar-refractivity contribution in [1.29, 1.82) is 0 Å². The van der Waals surface area contributed by atoms with Crippen molar-refractivity contribution in [3.05, 3.63) is 47.5 Å². The van der Waals surface area contributed by atoms with Crippen LogP contribution in [0, 0.1) is 5.92 Å². The maximum absolute atomic E-state index is 13.1. The van der Waals surface area contributed by atoms with Gasteiger partial charge in [-0.2, -0.15) is 0 Å². The molecule has 0 heterocycles. The first kappa shape index (κ1) is 16.8. The molecule has 6 heteroatoms. The Labute approximate surface area is 144 Å². The third-order valence-corrected chi connectivity index (χ3v) is 4.32. The van der Waals surface area contributed by atoms with Crippen molar-refractivity contribution in [2.45, 2.75) is 25.3 Å². The quantitative estimate of drug-likeness (QED) is 0.591. The molecule has 0 unspecified atom stereocenters. The largest absolute Gasteiger partial charge is 0.370 e. The summed E-state index contributed by atoms with van der Waals surface area (Å²) in [6, 6.07) is 9.39. The zero-order valence-electron chi connectivity index (χ0n) is 13.5. The van der Waals surface area contributed by atoms with Crippen molar-refractivity contribution in [2.75, 3.05) is 0 Å². The maximum Gasteiger partial charge on any atom is 0.223 e.